The fraction of sp³-hybridized carbons (Fsp3) is 0.538. The van der Waals surface area contributed by atoms with Crippen molar-refractivity contribution in [2.45, 2.75) is 48.0 Å². The molecule has 0 atom stereocenters. The lowest BCUT2D eigenvalue weighted by Crippen LogP contribution is -2.08. The van der Waals surface area contributed by atoms with E-state index < -0.39 is 9.05 Å². The molecule has 0 saturated heterocycles. The first-order valence-corrected chi connectivity index (χ1v) is 9.57. The second-order valence-corrected chi connectivity index (χ2v) is 8.51. The molecule has 0 bridgehead atoms. The van der Waals surface area contributed by atoms with Gasteiger partial charge in [-0.2, -0.15) is 11.8 Å². The van der Waals surface area contributed by atoms with Crippen molar-refractivity contribution in [1.29, 1.82) is 0 Å². The van der Waals surface area contributed by atoms with Crippen molar-refractivity contribution in [3.63, 3.8) is 0 Å². The van der Waals surface area contributed by atoms with Crippen molar-refractivity contribution in [2.24, 2.45) is 0 Å². The molecule has 0 heterocycles. The number of rotatable bonds is 4. The van der Waals surface area contributed by atoms with E-state index in [-0.39, 0.29) is 4.90 Å². The SMILES string of the molecule is O=S(=O)(Cl)c1cccc(CSC2CCCCC2)c1. The van der Waals surface area contributed by atoms with Gasteiger partial charge in [0.2, 0.25) is 0 Å². The Morgan fingerprint density at radius 3 is 2.61 bits per heavy atom. The van der Waals surface area contributed by atoms with Crippen molar-refractivity contribution in [3.05, 3.63) is 29.8 Å². The Labute approximate surface area is 118 Å². The fourth-order valence-corrected chi connectivity index (χ4v) is 4.33. The van der Waals surface area contributed by atoms with Crippen molar-refractivity contribution in [3.8, 4) is 0 Å². The smallest absolute Gasteiger partial charge is 0.207 e. The van der Waals surface area contributed by atoms with Crippen molar-refractivity contribution in [2.75, 3.05) is 0 Å². The molecule has 1 aromatic carbocycles. The summed E-state index contributed by atoms with van der Waals surface area (Å²) in [5.41, 5.74) is 1.03. The van der Waals surface area contributed by atoms with Crippen LogP contribution < -0.4 is 0 Å². The molecule has 1 aromatic rings. The molecule has 0 spiro atoms. The molecule has 1 aliphatic carbocycles. The van der Waals surface area contributed by atoms with E-state index in [2.05, 4.69) is 0 Å². The number of halogens is 1. The molecule has 18 heavy (non-hydrogen) atoms. The second-order valence-electron chi connectivity index (χ2n) is 4.66. The third-order valence-corrected chi connectivity index (χ3v) is 6.01. The molecule has 0 N–H and O–H groups in total. The average molecular weight is 305 g/mol. The van der Waals surface area contributed by atoms with Crippen LogP contribution in [0.1, 0.15) is 37.7 Å². The summed E-state index contributed by atoms with van der Waals surface area (Å²) < 4.78 is 22.5. The zero-order valence-corrected chi connectivity index (χ0v) is 12.5. The Bertz CT molecular complexity index is 493. The maximum absolute atomic E-state index is 11.2. The van der Waals surface area contributed by atoms with Crippen molar-refractivity contribution < 1.29 is 8.42 Å². The highest BCUT2D eigenvalue weighted by Gasteiger charge is 2.14. The number of hydrogen-bond donors (Lipinski definition) is 0. The Balaban J connectivity index is 1.97. The zero-order chi connectivity index (χ0) is 13.0. The maximum Gasteiger partial charge on any atom is 0.261 e. The van der Waals surface area contributed by atoms with E-state index in [1.807, 2.05) is 17.8 Å². The van der Waals surface area contributed by atoms with E-state index in [1.165, 1.54) is 38.2 Å². The van der Waals surface area contributed by atoms with Crippen LogP contribution in [0.4, 0.5) is 0 Å². The average Bonchev–Trinajstić information content (AvgIpc) is 2.37. The van der Waals surface area contributed by atoms with E-state index >= 15 is 0 Å². The Kier molecular flexibility index (Phi) is 4.98. The molecule has 100 valence electrons. The van der Waals surface area contributed by atoms with Gasteiger partial charge in [-0.05, 0) is 30.5 Å². The van der Waals surface area contributed by atoms with E-state index in [0.29, 0.717) is 0 Å². The third-order valence-electron chi connectivity index (χ3n) is 3.22. The van der Waals surface area contributed by atoms with Gasteiger partial charge < -0.3 is 0 Å². The van der Waals surface area contributed by atoms with Gasteiger partial charge in [-0.3, -0.25) is 0 Å². The fourth-order valence-electron chi connectivity index (χ4n) is 2.23. The predicted molar refractivity (Wildman–Crippen MR) is 77.6 cm³/mol. The monoisotopic (exact) mass is 304 g/mol. The predicted octanol–water partition coefficient (Wildman–Crippen LogP) is 4.18. The highest BCUT2D eigenvalue weighted by atomic mass is 35.7. The highest BCUT2D eigenvalue weighted by Crippen LogP contribution is 2.30. The van der Waals surface area contributed by atoms with Crippen molar-refractivity contribution >= 4 is 31.5 Å². The zero-order valence-electron chi connectivity index (χ0n) is 10.1. The second kappa shape index (κ2) is 6.31. The van der Waals surface area contributed by atoms with Crippen LogP contribution in [0.5, 0.6) is 0 Å². The van der Waals surface area contributed by atoms with Gasteiger partial charge in [0.15, 0.2) is 0 Å². The van der Waals surface area contributed by atoms with Crippen LogP contribution in [0.2, 0.25) is 0 Å². The lowest BCUT2D eigenvalue weighted by Gasteiger charge is -2.20. The van der Waals surface area contributed by atoms with Gasteiger partial charge in [-0.25, -0.2) is 8.42 Å². The van der Waals surface area contributed by atoms with Crippen LogP contribution in [0.15, 0.2) is 29.2 Å². The molecule has 0 unspecified atom stereocenters. The molecule has 0 aliphatic heterocycles. The molecule has 2 rings (SSSR count). The summed E-state index contributed by atoms with van der Waals surface area (Å²) >= 11 is 1.93. The summed E-state index contributed by atoms with van der Waals surface area (Å²) in [4.78, 5) is 0.200. The largest absolute Gasteiger partial charge is 0.261 e. The van der Waals surface area contributed by atoms with Gasteiger partial charge in [0.25, 0.3) is 9.05 Å². The third kappa shape index (κ3) is 4.18. The minimum Gasteiger partial charge on any atom is -0.207 e. The summed E-state index contributed by atoms with van der Waals surface area (Å²) in [6.45, 7) is 0. The standard InChI is InChI=1S/C13H17ClO2S2/c14-18(15,16)13-8-4-5-11(9-13)10-17-12-6-2-1-3-7-12/h4-5,8-9,12H,1-3,6-7,10H2. The number of hydrogen-bond acceptors (Lipinski definition) is 3. The van der Waals surface area contributed by atoms with E-state index in [0.717, 1.165) is 16.6 Å². The summed E-state index contributed by atoms with van der Waals surface area (Å²) in [5.74, 6) is 0.866. The normalized spacial score (nSPS) is 17.8. The van der Waals surface area contributed by atoms with Crippen molar-refractivity contribution in [1.82, 2.24) is 0 Å². The summed E-state index contributed by atoms with van der Waals surface area (Å²) in [5, 5.41) is 0.731. The minimum atomic E-state index is -3.61. The molecule has 0 amide bonds. The first-order valence-electron chi connectivity index (χ1n) is 6.21. The molecule has 1 saturated carbocycles. The molecule has 5 heteroatoms. The van der Waals surface area contributed by atoms with Crippen LogP contribution in [-0.4, -0.2) is 13.7 Å². The minimum absolute atomic E-state index is 0.200. The Morgan fingerprint density at radius 2 is 1.94 bits per heavy atom. The Hall–Kier alpha value is -0.190. The highest BCUT2D eigenvalue weighted by molar-refractivity contribution is 8.13. The molecular formula is C13H17ClO2S2. The van der Waals surface area contributed by atoms with Crippen LogP contribution in [-0.2, 0) is 14.8 Å². The van der Waals surface area contributed by atoms with Gasteiger partial charge in [-0.15, -0.1) is 0 Å². The van der Waals surface area contributed by atoms with Crippen LogP contribution >= 0.6 is 22.4 Å². The van der Waals surface area contributed by atoms with E-state index in [4.69, 9.17) is 10.7 Å². The molecule has 2 nitrogen and oxygen atoms in total. The summed E-state index contributed by atoms with van der Waals surface area (Å²) in [7, 11) is 1.74. The van der Waals surface area contributed by atoms with Crippen LogP contribution in [0, 0.1) is 0 Å². The van der Waals surface area contributed by atoms with Crippen LogP contribution in [0.25, 0.3) is 0 Å². The molecule has 1 fully saturated rings. The topological polar surface area (TPSA) is 34.1 Å². The first-order chi connectivity index (χ1) is 8.55. The van der Waals surface area contributed by atoms with Crippen LogP contribution in [0.3, 0.4) is 0 Å². The first kappa shape index (κ1) is 14.2. The van der Waals surface area contributed by atoms with Gasteiger partial charge >= 0.3 is 0 Å². The quantitative estimate of drug-likeness (QED) is 0.783. The summed E-state index contributed by atoms with van der Waals surface area (Å²) in [6, 6.07) is 6.93. The van der Waals surface area contributed by atoms with E-state index in [9.17, 15) is 8.42 Å². The lowest BCUT2D eigenvalue weighted by atomic mass is 10.0. The molecule has 0 radical (unpaired) electrons. The van der Waals surface area contributed by atoms with Gasteiger partial charge in [-0.1, -0.05) is 31.4 Å². The number of benzene rings is 1. The van der Waals surface area contributed by atoms with Gasteiger partial charge in [0.1, 0.15) is 0 Å². The summed E-state index contributed by atoms with van der Waals surface area (Å²) in [6.07, 6.45) is 6.59. The lowest BCUT2D eigenvalue weighted by molar-refractivity contribution is 0.516. The Morgan fingerprint density at radius 1 is 1.22 bits per heavy atom. The van der Waals surface area contributed by atoms with Gasteiger partial charge in [0, 0.05) is 21.7 Å². The number of thioether (sulfide) groups is 1. The molecule has 1 aliphatic rings. The maximum atomic E-state index is 11.2. The molecular weight excluding hydrogens is 288 g/mol. The van der Waals surface area contributed by atoms with Gasteiger partial charge in [0.05, 0.1) is 4.90 Å². The van der Waals surface area contributed by atoms with E-state index in [1.54, 1.807) is 12.1 Å². The molecule has 0 aromatic heterocycles.